The maximum Gasteiger partial charge on any atom is 0.234 e. The van der Waals surface area contributed by atoms with Crippen LogP contribution in [0.3, 0.4) is 0 Å². The molecular weight excluding hydrogens is 452 g/mol. The third kappa shape index (κ3) is 4.60. The smallest absolute Gasteiger partial charge is 0.234 e. The van der Waals surface area contributed by atoms with Crippen LogP contribution in [0.2, 0.25) is 0 Å². The minimum atomic E-state index is -0.119. The van der Waals surface area contributed by atoms with Gasteiger partial charge in [0.15, 0.2) is 10.9 Å². The Hall–Kier alpha value is -2.84. The number of carbonyl (C=O) groups excluding carboxylic acids is 1. The van der Waals surface area contributed by atoms with Gasteiger partial charge in [-0.2, -0.15) is 0 Å². The first-order valence-corrected chi connectivity index (χ1v) is 10.6. The van der Waals surface area contributed by atoms with Gasteiger partial charge in [-0.1, -0.05) is 51.5 Å². The Balaban J connectivity index is 1.57. The number of furan rings is 1. The van der Waals surface area contributed by atoms with Crippen molar-refractivity contribution in [1.82, 2.24) is 14.8 Å². The van der Waals surface area contributed by atoms with E-state index in [2.05, 4.69) is 31.4 Å². The Bertz CT molecular complexity index is 1120. The highest BCUT2D eigenvalue weighted by Gasteiger charge is 2.19. The van der Waals surface area contributed by atoms with E-state index in [1.807, 2.05) is 72.2 Å². The van der Waals surface area contributed by atoms with Crippen LogP contribution in [0, 0.1) is 6.92 Å². The summed E-state index contributed by atoms with van der Waals surface area (Å²) in [4.78, 5) is 12.4. The fourth-order valence-corrected chi connectivity index (χ4v) is 3.90. The van der Waals surface area contributed by atoms with E-state index in [1.54, 1.807) is 6.26 Å². The molecule has 0 unspecified atom stereocenters. The number of nitrogens with zero attached hydrogens (tertiary/aromatic N) is 3. The number of nitrogens with one attached hydrogen (secondary N) is 1. The van der Waals surface area contributed by atoms with Gasteiger partial charge in [-0.15, -0.1) is 10.2 Å². The van der Waals surface area contributed by atoms with Gasteiger partial charge >= 0.3 is 0 Å². The summed E-state index contributed by atoms with van der Waals surface area (Å²) in [5.74, 6) is 1.29. The Kier molecular flexibility index (Phi) is 5.82. The summed E-state index contributed by atoms with van der Waals surface area (Å²) >= 11 is 4.72. The number of hydrogen-bond acceptors (Lipinski definition) is 5. The summed E-state index contributed by atoms with van der Waals surface area (Å²) in [5.41, 5.74) is 2.80. The van der Waals surface area contributed by atoms with Crippen molar-refractivity contribution in [1.29, 1.82) is 0 Å². The van der Waals surface area contributed by atoms with Crippen molar-refractivity contribution in [3.63, 3.8) is 0 Å². The van der Waals surface area contributed by atoms with Crippen LogP contribution < -0.4 is 5.32 Å². The van der Waals surface area contributed by atoms with Gasteiger partial charge in [0.05, 0.1) is 12.0 Å². The Morgan fingerprint density at radius 1 is 1.14 bits per heavy atom. The number of rotatable bonds is 6. The zero-order valence-electron chi connectivity index (χ0n) is 15.5. The summed E-state index contributed by atoms with van der Waals surface area (Å²) in [6.45, 7) is 2.03. The highest BCUT2D eigenvalue weighted by Crippen LogP contribution is 2.28. The van der Waals surface area contributed by atoms with Gasteiger partial charge < -0.3 is 9.73 Å². The van der Waals surface area contributed by atoms with E-state index in [4.69, 9.17) is 4.42 Å². The number of halogens is 1. The first-order valence-electron chi connectivity index (χ1n) is 8.85. The first-order chi connectivity index (χ1) is 14.1. The normalized spacial score (nSPS) is 10.8. The maximum atomic E-state index is 12.4. The highest BCUT2D eigenvalue weighted by molar-refractivity contribution is 9.10. The lowest BCUT2D eigenvalue weighted by Gasteiger charge is -2.10. The molecule has 4 rings (SSSR count). The van der Waals surface area contributed by atoms with Crippen molar-refractivity contribution in [2.45, 2.75) is 12.1 Å². The molecule has 4 aromatic rings. The zero-order chi connectivity index (χ0) is 20.2. The van der Waals surface area contributed by atoms with Gasteiger partial charge in [-0.3, -0.25) is 9.36 Å². The molecule has 1 amide bonds. The summed E-state index contributed by atoms with van der Waals surface area (Å²) in [6.07, 6.45) is 1.60. The van der Waals surface area contributed by atoms with Crippen molar-refractivity contribution in [2.24, 2.45) is 0 Å². The largest absolute Gasteiger partial charge is 0.461 e. The van der Waals surface area contributed by atoms with Gasteiger partial charge in [0, 0.05) is 15.8 Å². The molecule has 2 aromatic heterocycles. The third-order valence-electron chi connectivity index (χ3n) is 4.11. The van der Waals surface area contributed by atoms with E-state index >= 15 is 0 Å². The van der Waals surface area contributed by atoms with Gasteiger partial charge in [-0.05, 0) is 49.4 Å². The van der Waals surface area contributed by atoms with Crippen LogP contribution >= 0.6 is 27.7 Å². The molecule has 0 saturated heterocycles. The summed E-state index contributed by atoms with van der Waals surface area (Å²) < 4.78 is 8.32. The monoisotopic (exact) mass is 468 g/mol. The Morgan fingerprint density at radius 3 is 2.69 bits per heavy atom. The molecule has 2 aromatic carbocycles. The van der Waals surface area contributed by atoms with Crippen molar-refractivity contribution >= 4 is 39.3 Å². The molecule has 0 fully saturated rings. The number of anilines is 1. The van der Waals surface area contributed by atoms with Crippen molar-refractivity contribution in [3.05, 3.63) is 77.0 Å². The summed E-state index contributed by atoms with van der Waals surface area (Å²) in [5, 5.41) is 12.1. The molecule has 0 aliphatic heterocycles. The van der Waals surface area contributed by atoms with E-state index in [9.17, 15) is 4.79 Å². The molecule has 0 aliphatic carbocycles. The van der Waals surface area contributed by atoms with Gasteiger partial charge in [-0.25, -0.2) is 0 Å². The number of amides is 1. The molecule has 8 heteroatoms. The highest BCUT2D eigenvalue weighted by atomic mass is 79.9. The standard InChI is InChI=1S/C21H17BrN4O2S/c1-14-7-9-17(10-8-14)26-20(18-6-3-11-28-18)24-25-21(26)29-13-19(27)23-16-5-2-4-15(22)12-16/h2-12H,13H2,1H3,(H,23,27). The third-order valence-corrected chi connectivity index (χ3v) is 5.53. The quantitative estimate of drug-likeness (QED) is 0.387. The van der Waals surface area contributed by atoms with Crippen LogP contribution in [-0.2, 0) is 4.79 Å². The minimum Gasteiger partial charge on any atom is -0.461 e. The lowest BCUT2D eigenvalue weighted by molar-refractivity contribution is -0.113. The van der Waals surface area contributed by atoms with Crippen LogP contribution in [0.1, 0.15) is 5.56 Å². The van der Waals surface area contributed by atoms with Gasteiger partial charge in [0.2, 0.25) is 11.7 Å². The molecule has 0 spiro atoms. The molecular formula is C21H17BrN4O2S. The Labute approximate surface area is 180 Å². The predicted molar refractivity (Wildman–Crippen MR) is 117 cm³/mol. The summed E-state index contributed by atoms with van der Waals surface area (Å²) in [7, 11) is 0. The molecule has 0 aliphatic rings. The fourth-order valence-electron chi connectivity index (χ4n) is 2.75. The lowest BCUT2D eigenvalue weighted by atomic mass is 10.2. The van der Waals surface area contributed by atoms with Crippen LogP contribution in [0.15, 0.2) is 81.0 Å². The molecule has 0 saturated carbocycles. The maximum absolute atomic E-state index is 12.4. The molecule has 0 bridgehead atoms. The predicted octanol–water partition coefficient (Wildman–Crippen LogP) is 5.33. The topological polar surface area (TPSA) is 73.0 Å². The number of thioether (sulfide) groups is 1. The molecule has 0 radical (unpaired) electrons. The van der Waals surface area contributed by atoms with E-state index in [-0.39, 0.29) is 11.7 Å². The SMILES string of the molecule is Cc1ccc(-n2c(SCC(=O)Nc3cccc(Br)c3)nnc2-c2ccco2)cc1. The molecule has 6 nitrogen and oxygen atoms in total. The number of hydrogen-bond donors (Lipinski definition) is 1. The van der Waals surface area contributed by atoms with E-state index < -0.39 is 0 Å². The second-order valence-corrected chi connectivity index (χ2v) is 8.16. The lowest BCUT2D eigenvalue weighted by Crippen LogP contribution is -2.14. The number of carbonyl (C=O) groups is 1. The average molecular weight is 469 g/mol. The Morgan fingerprint density at radius 2 is 1.97 bits per heavy atom. The second kappa shape index (κ2) is 8.67. The summed E-state index contributed by atoms with van der Waals surface area (Å²) in [6, 6.07) is 19.2. The van der Waals surface area contributed by atoms with Crippen molar-refractivity contribution in [2.75, 3.05) is 11.1 Å². The van der Waals surface area contributed by atoms with Crippen LogP contribution in [-0.4, -0.2) is 26.4 Å². The van der Waals surface area contributed by atoms with Crippen LogP contribution in [0.4, 0.5) is 5.69 Å². The van der Waals surface area contributed by atoms with E-state index in [1.165, 1.54) is 11.8 Å². The van der Waals surface area contributed by atoms with Gasteiger partial charge in [0.25, 0.3) is 0 Å². The molecule has 1 N–H and O–H groups in total. The number of benzene rings is 2. The van der Waals surface area contributed by atoms with Gasteiger partial charge in [0.1, 0.15) is 0 Å². The van der Waals surface area contributed by atoms with Crippen LogP contribution in [0.25, 0.3) is 17.3 Å². The molecule has 29 heavy (non-hydrogen) atoms. The van der Waals surface area contributed by atoms with E-state index in [0.717, 1.165) is 21.4 Å². The average Bonchev–Trinajstić information content (AvgIpc) is 3.37. The van der Waals surface area contributed by atoms with E-state index in [0.29, 0.717) is 16.7 Å². The fraction of sp³-hybridized carbons (Fsp3) is 0.0952. The molecule has 146 valence electrons. The van der Waals surface area contributed by atoms with Crippen LogP contribution in [0.5, 0.6) is 0 Å². The zero-order valence-corrected chi connectivity index (χ0v) is 17.9. The molecule has 2 heterocycles. The first kappa shape index (κ1) is 19.5. The second-order valence-electron chi connectivity index (χ2n) is 6.30. The van der Waals surface area contributed by atoms with Crippen molar-refractivity contribution < 1.29 is 9.21 Å². The van der Waals surface area contributed by atoms with Crippen molar-refractivity contribution in [3.8, 4) is 17.3 Å². The number of aromatic nitrogens is 3. The minimum absolute atomic E-state index is 0.119. The molecule has 0 atom stereocenters. The number of aryl methyl sites for hydroxylation is 1.